The van der Waals surface area contributed by atoms with Crippen LogP contribution in [0.5, 0.6) is 11.6 Å². The first-order valence-corrected chi connectivity index (χ1v) is 17.6. The SMILES string of the molecule is C/C=C\C=C(/CCC)C(=Nc1nc2cc(OC[C@H]3C[C@@H](n4ccc5c(OC)ncnc54)[C@@H]4OC(C)(C)O[C@H]34)ccc2cc1Cl)c1ccccc1. The molecular formula is C40H42ClN5O4. The van der Waals surface area contributed by atoms with Crippen LogP contribution in [0.15, 0.2) is 102 Å². The molecule has 258 valence electrons. The molecule has 1 aliphatic heterocycles. The molecule has 9 nitrogen and oxygen atoms in total. The summed E-state index contributed by atoms with van der Waals surface area (Å²) in [5.74, 6) is 1.11. The van der Waals surface area contributed by atoms with Crippen LogP contribution in [0.25, 0.3) is 21.9 Å². The Morgan fingerprint density at radius 3 is 2.68 bits per heavy atom. The van der Waals surface area contributed by atoms with Crippen LogP contribution in [0.1, 0.15) is 58.6 Å². The number of methoxy groups -OCH3 is 1. The van der Waals surface area contributed by atoms with E-state index in [4.69, 9.17) is 40.5 Å². The zero-order valence-electron chi connectivity index (χ0n) is 29.0. The first-order chi connectivity index (χ1) is 24.3. The van der Waals surface area contributed by atoms with Crippen molar-refractivity contribution in [1.29, 1.82) is 0 Å². The lowest BCUT2D eigenvalue weighted by Gasteiger charge is -2.24. The fraction of sp³-hybridized carbons (Fsp3) is 0.350. The van der Waals surface area contributed by atoms with Crippen LogP contribution in [0.3, 0.4) is 0 Å². The van der Waals surface area contributed by atoms with Gasteiger partial charge in [-0.3, -0.25) is 0 Å². The van der Waals surface area contributed by atoms with Crippen molar-refractivity contribution in [3.8, 4) is 11.6 Å². The maximum atomic E-state index is 6.81. The van der Waals surface area contributed by atoms with Crippen molar-refractivity contribution >= 4 is 45.1 Å². The second-order valence-electron chi connectivity index (χ2n) is 13.2. The Kier molecular flexibility index (Phi) is 9.73. The minimum atomic E-state index is -0.706. The average Bonchev–Trinajstić information content (AvgIpc) is 3.79. The molecule has 1 aliphatic carbocycles. The summed E-state index contributed by atoms with van der Waals surface area (Å²) < 4.78 is 27.1. The molecule has 1 saturated heterocycles. The van der Waals surface area contributed by atoms with Crippen molar-refractivity contribution < 1.29 is 18.9 Å². The highest BCUT2D eigenvalue weighted by molar-refractivity contribution is 6.33. The van der Waals surface area contributed by atoms with Gasteiger partial charge in [-0.15, -0.1) is 0 Å². The molecular weight excluding hydrogens is 650 g/mol. The normalized spacial score (nSPS) is 22.1. The molecule has 5 aromatic rings. The van der Waals surface area contributed by atoms with E-state index in [1.54, 1.807) is 7.11 Å². The van der Waals surface area contributed by atoms with E-state index in [1.165, 1.54) is 6.33 Å². The molecule has 0 spiro atoms. The molecule has 0 bridgehead atoms. The van der Waals surface area contributed by atoms with Crippen LogP contribution in [-0.4, -0.2) is 56.9 Å². The lowest BCUT2D eigenvalue weighted by Crippen LogP contribution is -2.29. The Labute approximate surface area is 297 Å². The number of hydrogen-bond donors (Lipinski definition) is 0. The van der Waals surface area contributed by atoms with Crippen LogP contribution in [0.2, 0.25) is 5.02 Å². The first kappa shape index (κ1) is 33.9. The van der Waals surface area contributed by atoms with Crippen molar-refractivity contribution in [3.63, 3.8) is 0 Å². The van der Waals surface area contributed by atoms with E-state index in [0.29, 0.717) is 29.1 Å². The fourth-order valence-electron chi connectivity index (χ4n) is 7.14. The quantitative estimate of drug-likeness (QED) is 0.101. The summed E-state index contributed by atoms with van der Waals surface area (Å²) in [5.41, 5.74) is 4.56. The number of nitrogens with zero attached hydrogens (tertiary/aromatic N) is 5. The Bertz CT molecular complexity index is 2090. The smallest absolute Gasteiger partial charge is 0.225 e. The van der Waals surface area contributed by atoms with E-state index in [0.717, 1.165) is 58.0 Å². The summed E-state index contributed by atoms with van der Waals surface area (Å²) >= 11 is 6.81. The van der Waals surface area contributed by atoms with Crippen molar-refractivity contribution in [2.24, 2.45) is 10.9 Å². The predicted octanol–water partition coefficient (Wildman–Crippen LogP) is 9.22. The summed E-state index contributed by atoms with van der Waals surface area (Å²) in [4.78, 5) is 18.9. The highest BCUT2D eigenvalue weighted by Crippen LogP contribution is 2.48. The second-order valence-corrected chi connectivity index (χ2v) is 13.6. The molecule has 2 aromatic carbocycles. The Balaban J connectivity index is 1.17. The molecule has 4 atom stereocenters. The van der Waals surface area contributed by atoms with Gasteiger partial charge in [0.2, 0.25) is 5.88 Å². The van der Waals surface area contributed by atoms with Crippen molar-refractivity contribution in [1.82, 2.24) is 19.5 Å². The predicted molar refractivity (Wildman–Crippen MR) is 198 cm³/mol. The summed E-state index contributed by atoms with van der Waals surface area (Å²) in [6.45, 7) is 8.56. The van der Waals surface area contributed by atoms with Crippen molar-refractivity contribution in [2.45, 2.75) is 71.0 Å². The van der Waals surface area contributed by atoms with Gasteiger partial charge in [-0.25, -0.2) is 19.9 Å². The van der Waals surface area contributed by atoms with E-state index in [9.17, 15) is 0 Å². The van der Waals surface area contributed by atoms with Crippen molar-refractivity contribution in [3.05, 3.63) is 108 Å². The number of halogens is 1. The van der Waals surface area contributed by atoms with Gasteiger partial charge >= 0.3 is 0 Å². The zero-order valence-corrected chi connectivity index (χ0v) is 29.8. The summed E-state index contributed by atoms with van der Waals surface area (Å²) in [6, 6.07) is 20.0. The molecule has 4 heterocycles. The molecule has 50 heavy (non-hydrogen) atoms. The minimum absolute atomic E-state index is 0.00610. The van der Waals surface area contributed by atoms with Gasteiger partial charge in [-0.1, -0.05) is 73.5 Å². The molecule has 0 unspecified atom stereocenters. The number of benzene rings is 2. The molecule has 2 fully saturated rings. The molecule has 10 heteroatoms. The molecule has 1 saturated carbocycles. The Morgan fingerprint density at radius 1 is 1.08 bits per heavy atom. The highest BCUT2D eigenvalue weighted by Gasteiger charge is 2.55. The number of allylic oxidation sites excluding steroid dienone is 4. The topological polar surface area (TPSA) is 92.9 Å². The number of hydrogen-bond acceptors (Lipinski definition) is 8. The molecule has 0 N–H and O–H groups in total. The maximum Gasteiger partial charge on any atom is 0.225 e. The van der Waals surface area contributed by atoms with E-state index in [1.807, 2.05) is 87.7 Å². The van der Waals surface area contributed by atoms with E-state index < -0.39 is 5.79 Å². The van der Waals surface area contributed by atoms with Gasteiger partial charge in [-0.2, -0.15) is 0 Å². The van der Waals surface area contributed by atoms with Crippen LogP contribution in [0, 0.1) is 5.92 Å². The van der Waals surface area contributed by atoms with E-state index in [-0.39, 0.29) is 24.2 Å². The van der Waals surface area contributed by atoms with Gasteiger partial charge in [0.05, 0.1) is 47.5 Å². The summed E-state index contributed by atoms with van der Waals surface area (Å²) in [6.07, 6.45) is 12.1. The van der Waals surface area contributed by atoms with E-state index >= 15 is 0 Å². The fourth-order valence-corrected chi connectivity index (χ4v) is 7.34. The van der Waals surface area contributed by atoms with Gasteiger partial charge < -0.3 is 23.5 Å². The summed E-state index contributed by atoms with van der Waals surface area (Å²) in [5, 5.41) is 2.27. The zero-order chi connectivity index (χ0) is 34.8. The van der Waals surface area contributed by atoms with Gasteiger partial charge in [0.1, 0.15) is 23.8 Å². The van der Waals surface area contributed by atoms with Gasteiger partial charge in [0.25, 0.3) is 0 Å². The maximum absolute atomic E-state index is 6.81. The first-order valence-electron chi connectivity index (χ1n) is 17.2. The largest absolute Gasteiger partial charge is 0.493 e. The minimum Gasteiger partial charge on any atom is -0.493 e. The molecule has 3 aromatic heterocycles. The van der Waals surface area contributed by atoms with E-state index in [2.05, 4.69) is 39.7 Å². The molecule has 0 amide bonds. The molecule has 2 aliphatic rings. The number of aromatic nitrogens is 4. The number of aliphatic imine (C=N–C) groups is 1. The standard InChI is InChI=1S/C40H42ClN5O4/c1-6-8-13-25(12-7-2)34(26-14-10-9-11-15-26)45-37-31(41)20-27-16-17-29(22-32(27)44-37)48-23-28-21-33(36-35(28)49-40(3,4)50-36)46-19-18-30-38(46)42-24-43-39(30)47-5/h6,8-11,13-20,22,24,28,33,35-36H,7,12,21,23H2,1-5H3/b8-6-,25-13+,45-34?/t28-,33-,35-,36+/m1/s1. The average molecular weight is 692 g/mol. The number of rotatable bonds is 11. The number of fused-ring (bicyclic) bond motifs is 3. The van der Waals surface area contributed by atoms with Crippen molar-refractivity contribution in [2.75, 3.05) is 13.7 Å². The Morgan fingerprint density at radius 2 is 1.90 bits per heavy atom. The van der Waals surface area contributed by atoms with Crippen LogP contribution in [0.4, 0.5) is 5.82 Å². The lowest BCUT2D eigenvalue weighted by atomic mass is 9.98. The molecule has 7 rings (SSSR count). The van der Waals surface area contributed by atoms with Crippen LogP contribution >= 0.6 is 11.6 Å². The van der Waals surface area contributed by atoms with Crippen LogP contribution in [-0.2, 0) is 9.47 Å². The Hall–Kier alpha value is -4.57. The third-order valence-electron chi connectivity index (χ3n) is 9.34. The van der Waals surface area contributed by atoms with Crippen LogP contribution < -0.4 is 9.47 Å². The summed E-state index contributed by atoms with van der Waals surface area (Å²) in [7, 11) is 1.62. The van der Waals surface area contributed by atoms with Gasteiger partial charge in [0, 0.05) is 29.1 Å². The monoisotopic (exact) mass is 691 g/mol. The van der Waals surface area contributed by atoms with Gasteiger partial charge in [0.15, 0.2) is 11.6 Å². The third-order valence-corrected chi connectivity index (χ3v) is 9.62. The molecule has 0 radical (unpaired) electrons. The number of pyridine rings is 1. The highest BCUT2D eigenvalue weighted by atomic mass is 35.5. The lowest BCUT2D eigenvalue weighted by molar-refractivity contribution is -0.161. The van der Waals surface area contributed by atoms with Gasteiger partial charge in [-0.05, 0) is 63.5 Å². The third kappa shape index (κ3) is 6.77. The number of ether oxygens (including phenoxy) is 4. The second kappa shape index (κ2) is 14.3.